The summed E-state index contributed by atoms with van der Waals surface area (Å²) in [6.45, 7) is 7.79. The molecule has 202 valence electrons. The van der Waals surface area contributed by atoms with Gasteiger partial charge in [-0.05, 0) is 61.7 Å². The molecule has 0 fully saturated rings. The van der Waals surface area contributed by atoms with Crippen molar-refractivity contribution >= 4 is 43.5 Å². The molecule has 3 aromatic rings. The molecule has 3 rings (SSSR count). The molecular weight excluding hydrogens is 566 g/mol. The van der Waals surface area contributed by atoms with Crippen LogP contribution in [0.3, 0.4) is 0 Å². The van der Waals surface area contributed by atoms with Crippen LogP contribution in [0.4, 0.5) is 5.69 Å². The summed E-state index contributed by atoms with van der Waals surface area (Å²) in [7, 11) is -4.07. The van der Waals surface area contributed by atoms with Gasteiger partial charge in [0.2, 0.25) is 11.8 Å². The Morgan fingerprint density at radius 2 is 1.50 bits per heavy atom. The highest BCUT2D eigenvalue weighted by atomic mass is 79.9. The van der Waals surface area contributed by atoms with Crippen molar-refractivity contribution in [3.05, 3.63) is 94.5 Å². The Balaban J connectivity index is 1.98. The number of rotatable bonds is 11. The summed E-state index contributed by atoms with van der Waals surface area (Å²) in [5, 5.41) is 2.89. The molecule has 0 aromatic heterocycles. The van der Waals surface area contributed by atoms with E-state index in [1.54, 1.807) is 49.4 Å². The first-order valence-electron chi connectivity index (χ1n) is 12.4. The fourth-order valence-corrected chi connectivity index (χ4v) is 5.48. The van der Waals surface area contributed by atoms with Crippen molar-refractivity contribution in [1.29, 1.82) is 0 Å². The first kappa shape index (κ1) is 29.4. The third-order valence-electron chi connectivity index (χ3n) is 6.05. The van der Waals surface area contributed by atoms with Crippen molar-refractivity contribution in [3.63, 3.8) is 0 Å². The third-order valence-corrected chi connectivity index (χ3v) is 8.37. The molecule has 0 unspecified atom stereocenters. The summed E-state index contributed by atoms with van der Waals surface area (Å²) in [6, 6.07) is 21.6. The maximum atomic E-state index is 13.9. The minimum Gasteiger partial charge on any atom is -0.354 e. The molecule has 0 saturated carbocycles. The lowest BCUT2D eigenvalue weighted by Crippen LogP contribution is -2.51. The average molecular weight is 601 g/mol. The van der Waals surface area contributed by atoms with Gasteiger partial charge in [0.25, 0.3) is 10.0 Å². The van der Waals surface area contributed by atoms with E-state index in [0.29, 0.717) is 12.2 Å². The largest absolute Gasteiger partial charge is 0.354 e. The van der Waals surface area contributed by atoms with E-state index in [2.05, 4.69) is 21.2 Å². The predicted molar refractivity (Wildman–Crippen MR) is 154 cm³/mol. The van der Waals surface area contributed by atoms with Crippen LogP contribution in [-0.2, 0) is 26.2 Å². The molecule has 0 aliphatic rings. The highest BCUT2D eigenvalue weighted by Gasteiger charge is 2.32. The molecule has 1 atom stereocenters. The van der Waals surface area contributed by atoms with Gasteiger partial charge in [-0.1, -0.05) is 77.8 Å². The second-order valence-corrected chi connectivity index (χ2v) is 12.4. The van der Waals surface area contributed by atoms with Crippen LogP contribution in [0.5, 0.6) is 0 Å². The number of sulfonamides is 1. The zero-order valence-corrected chi connectivity index (χ0v) is 24.5. The minimum absolute atomic E-state index is 0.0727. The molecule has 0 aliphatic heterocycles. The summed E-state index contributed by atoms with van der Waals surface area (Å²) >= 11 is 3.38. The number of aryl methyl sites for hydroxylation is 1. The molecule has 9 heteroatoms. The molecule has 38 heavy (non-hydrogen) atoms. The van der Waals surface area contributed by atoms with Gasteiger partial charge >= 0.3 is 0 Å². The quantitative estimate of drug-likeness (QED) is 0.330. The average Bonchev–Trinajstić information content (AvgIpc) is 2.90. The number of amides is 2. The number of halogens is 1. The SMILES string of the molecule is Cc1ccc(CN(C(=O)CN(c2ccc(Br)cc2)S(=O)(=O)c2ccccc2)[C@H](C)C(=O)NCC(C)C)cc1. The Labute approximate surface area is 234 Å². The molecule has 0 radical (unpaired) electrons. The Morgan fingerprint density at radius 1 is 0.895 bits per heavy atom. The monoisotopic (exact) mass is 599 g/mol. The van der Waals surface area contributed by atoms with Crippen LogP contribution in [0.2, 0.25) is 0 Å². The van der Waals surface area contributed by atoms with E-state index in [9.17, 15) is 18.0 Å². The lowest BCUT2D eigenvalue weighted by molar-refractivity contribution is -0.139. The lowest BCUT2D eigenvalue weighted by atomic mass is 10.1. The Hall–Kier alpha value is -3.17. The molecule has 0 aliphatic carbocycles. The van der Waals surface area contributed by atoms with Crippen molar-refractivity contribution in [3.8, 4) is 0 Å². The second kappa shape index (κ2) is 13.1. The number of carbonyl (C=O) groups is 2. The van der Waals surface area contributed by atoms with Gasteiger partial charge in [0, 0.05) is 17.6 Å². The third kappa shape index (κ3) is 7.68. The van der Waals surface area contributed by atoms with Crippen molar-refractivity contribution in [1.82, 2.24) is 10.2 Å². The van der Waals surface area contributed by atoms with Crippen LogP contribution >= 0.6 is 15.9 Å². The fraction of sp³-hybridized carbons (Fsp3) is 0.310. The van der Waals surface area contributed by atoms with E-state index in [4.69, 9.17) is 0 Å². The standard InChI is InChI=1S/C29H34BrN3O4S/c1-21(2)18-31-29(35)23(4)32(19-24-12-10-22(3)11-13-24)28(34)20-33(26-16-14-25(30)15-17-26)38(36,37)27-8-6-5-7-9-27/h5-17,21,23H,18-20H2,1-4H3,(H,31,35)/t23-/m1/s1. The number of benzene rings is 3. The molecule has 2 amide bonds. The summed E-state index contributed by atoms with van der Waals surface area (Å²) in [4.78, 5) is 28.4. The van der Waals surface area contributed by atoms with Crippen molar-refractivity contribution in [2.45, 2.75) is 45.2 Å². The lowest BCUT2D eigenvalue weighted by Gasteiger charge is -2.32. The fourth-order valence-electron chi connectivity index (χ4n) is 3.78. The molecule has 1 N–H and O–H groups in total. The normalized spacial score (nSPS) is 12.2. The minimum atomic E-state index is -4.07. The van der Waals surface area contributed by atoms with E-state index >= 15 is 0 Å². The van der Waals surface area contributed by atoms with Gasteiger partial charge in [-0.15, -0.1) is 0 Å². The number of carbonyl (C=O) groups excluding carboxylic acids is 2. The van der Waals surface area contributed by atoms with Gasteiger partial charge in [-0.2, -0.15) is 0 Å². The summed E-state index contributed by atoms with van der Waals surface area (Å²) in [6.07, 6.45) is 0. The second-order valence-electron chi connectivity index (χ2n) is 9.62. The van der Waals surface area contributed by atoms with Gasteiger partial charge in [0.15, 0.2) is 0 Å². The highest BCUT2D eigenvalue weighted by Crippen LogP contribution is 2.26. The maximum Gasteiger partial charge on any atom is 0.264 e. The van der Waals surface area contributed by atoms with Crippen molar-refractivity contribution < 1.29 is 18.0 Å². The Kier molecular flexibility index (Phi) is 10.1. The molecule has 0 bridgehead atoms. The molecule has 0 heterocycles. The topological polar surface area (TPSA) is 86.8 Å². The summed E-state index contributed by atoms with van der Waals surface area (Å²) in [5.74, 6) is -0.531. The van der Waals surface area contributed by atoms with Gasteiger partial charge in [0.1, 0.15) is 12.6 Å². The Bertz CT molecular complexity index is 1330. The van der Waals surface area contributed by atoms with Crippen LogP contribution in [0.1, 0.15) is 31.9 Å². The maximum absolute atomic E-state index is 13.9. The van der Waals surface area contributed by atoms with E-state index in [-0.39, 0.29) is 23.3 Å². The van der Waals surface area contributed by atoms with E-state index in [0.717, 1.165) is 19.9 Å². The van der Waals surface area contributed by atoms with Crippen LogP contribution in [0, 0.1) is 12.8 Å². The summed E-state index contributed by atoms with van der Waals surface area (Å²) in [5.41, 5.74) is 2.26. The molecular formula is C29H34BrN3O4S. The van der Waals surface area contributed by atoms with Crippen LogP contribution < -0.4 is 9.62 Å². The number of hydrogen-bond donors (Lipinski definition) is 1. The first-order chi connectivity index (χ1) is 18.0. The first-order valence-corrected chi connectivity index (χ1v) is 14.7. The zero-order valence-electron chi connectivity index (χ0n) is 22.1. The van der Waals surface area contributed by atoms with E-state index < -0.39 is 28.5 Å². The molecule has 3 aromatic carbocycles. The predicted octanol–water partition coefficient (Wildman–Crippen LogP) is 5.14. The molecule has 0 spiro atoms. The van der Waals surface area contributed by atoms with Crippen molar-refractivity contribution in [2.75, 3.05) is 17.4 Å². The molecule has 0 saturated heterocycles. The number of nitrogens with zero attached hydrogens (tertiary/aromatic N) is 2. The van der Waals surface area contributed by atoms with Gasteiger partial charge in [0.05, 0.1) is 10.6 Å². The summed E-state index contributed by atoms with van der Waals surface area (Å²) < 4.78 is 29.3. The van der Waals surface area contributed by atoms with Crippen LogP contribution in [-0.4, -0.2) is 44.3 Å². The smallest absolute Gasteiger partial charge is 0.264 e. The van der Waals surface area contributed by atoms with Gasteiger partial charge < -0.3 is 10.2 Å². The highest BCUT2D eigenvalue weighted by molar-refractivity contribution is 9.10. The number of hydrogen-bond acceptors (Lipinski definition) is 4. The van der Waals surface area contributed by atoms with Gasteiger partial charge in [-0.3, -0.25) is 13.9 Å². The van der Waals surface area contributed by atoms with Crippen LogP contribution in [0.25, 0.3) is 0 Å². The zero-order chi connectivity index (χ0) is 27.9. The Morgan fingerprint density at radius 3 is 2.08 bits per heavy atom. The van der Waals surface area contributed by atoms with E-state index in [1.165, 1.54) is 17.0 Å². The van der Waals surface area contributed by atoms with Crippen LogP contribution in [0.15, 0.2) is 88.2 Å². The number of nitrogens with one attached hydrogen (secondary N) is 1. The van der Waals surface area contributed by atoms with Gasteiger partial charge in [-0.25, -0.2) is 8.42 Å². The number of anilines is 1. The van der Waals surface area contributed by atoms with E-state index in [1.807, 2.05) is 45.0 Å². The molecule has 7 nitrogen and oxygen atoms in total. The van der Waals surface area contributed by atoms with Crippen molar-refractivity contribution in [2.24, 2.45) is 5.92 Å².